The highest BCUT2D eigenvalue weighted by Gasteiger charge is 2.11. The molecule has 1 aromatic heterocycles. The van der Waals surface area contributed by atoms with Gasteiger partial charge in [0, 0.05) is 36.5 Å². The lowest BCUT2D eigenvalue weighted by atomic mass is 10.1. The molecule has 3 aromatic carbocycles. The summed E-state index contributed by atoms with van der Waals surface area (Å²) in [5.41, 5.74) is 4.78. The van der Waals surface area contributed by atoms with E-state index in [1.54, 1.807) is 6.07 Å². The molecule has 0 amide bonds. The smallest absolute Gasteiger partial charge is 0.271 e. The van der Waals surface area contributed by atoms with Gasteiger partial charge in [0.15, 0.2) is 0 Å². The highest BCUT2D eigenvalue weighted by atomic mass is 16.6. The molecule has 0 unspecified atom stereocenters. The summed E-state index contributed by atoms with van der Waals surface area (Å²) in [5, 5.41) is 10.9. The molecule has 0 aliphatic heterocycles. The molecule has 1 N–H and O–H groups in total. The second-order valence-electron chi connectivity index (χ2n) is 6.59. The molecule has 140 valence electrons. The summed E-state index contributed by atoms with van der Waals surface area (Å²) >= 11 is 0. The molecule has 0 aliphatic rings. The van der Waals surface area contributed by atoms with Gasteiger partial charge in [-0.3, -0.25) is 10.1 Å². The van der Waals surface area contributed by atoms with Crippen molar-refractivity contribution in [3.05, 3.63) is 88.5 Å². The topological polar surface area (TPSA) is 75.1 Å². The molecule has 28 heavy (non-hydrogen) atoms. The van der Waals surface area contributed by atoms with Crippen molar-refractivity contribution in [2.24, 2.45) is 0 Å². The molecular formula is C22H20N4O2. The zero-order chi connectivity index (χ0) is 19.5. The van der Waals surface area contributed by atoms with Gasteiger partial charge >= 0.3 is 0 Å². The Kier molecular flexibility index (Phi) is 4.76. The lowest BCUT2D eigenvalue weighted by Gasteiger charge is -2.23. The minimum Gasteiger partial charge on any atom is -0.367 e. The van der Waals surface area contributed by atoms with Gasteiger partial charge in [0.05, 0.1) is 16.0 Å². The molecule has 0 saturated heterocycles. The Balaban J connectivity index is 1.58. The van der Waals surface area contributed by atoms with Gasteiger partial charge in [0.2, 0.25) is 0 Å². The first kappa shape index (κ1) is 17.7. The molecule has 6 heteroatoms. The summed E-state index contributed by atoms with van der Waals surface area (Å²) in [6, 6.07) is 23.2. The summed E-state index contributed by atoms with van der Waals surface area (Å²) < 4.78 is 0. The monoisotopic (exact) mass is 372 g/mol. The van der Waals surface area contributed by atoms with Crippen LogP contribution in [-0.4, -0.2) is 21.4 Å². The van der Waals surface area contributed by atoms with E-state index in [9.17, 15) is 10.1 Å². The van der Waals surface area contributed by atoms with Crippen LogP contribution in [0.3, 0.4) is 0 Å². The first-order valence-corrected chi connectivity index (χ1v) is 9.17. The fourth-order valence-electron chi connectivity index (χ4n) is 3.27. The van der Waals surface area contributed by atoms with Crippen LogP contribution >= 0.6 is 0 Å². The Hall–Kier alpha value is -3.67. The first-order valence-electron chi connectivity index (χ1n) is 9.17. The van der Waals surface area contributed by atoms with E-state index >= 15 is 0 Å². The van der Waals surface area contributed by atoms with Gasteiger partial charge < -0.3 is 9.88 Å². The van der Waals surface area contributed by atoms with E-state index in [0.717, 1.165) is 24.3 Å². The fraction of sp³-hybridized carbons (Fsp3) is 0.136. The Morgan fingerprint density at radius 1 is 1.04 bits per heavy atom. The number of nitrogens with one attached hydrogen (secondary N) is 1. The third-order valence-corrected chi connectivity index (χ3v) is 4.78. The molecule has 4 rings (SSSR count). The van der Waals surface area contributed by atoms with Crippen molar-refractivity contribution in [3.8, 4) is 11.4 Å². The summed E-state index contributed by atoms with van der Waals surface area (Å²) in [6.07, 6.45) is 0. The first-order chi connectivity index (χ1) is 13.6. The number of imidazole rings is 1. The number of fused-ring (bicyclic) bond motifs is 1. The maximum atomic E-state index is 10.9. The molecule has 1 heterocycles. The maximum Gasteiger partial charge on any atom is 0.271 e. The van der Waals surface area contributed by atoms with Crippen LogP contribution in [0.4, 0.5) is 11.4 Å². The van der Waals surface area contributed by atoms with Crippen LogP contribution in [0.2, 0.25) is 0 Å². The van der Waals surface area contributed by atoms with Gasteiger partial charge in [0.25, 0.3) is 5.69 Å². The number of non-ortho nitro benzene ring substituents is 1. The molecule has 0 bridgehead atoms. The lowest BCUT2D eigenvalue weighted by molar-refractivity contribution is -0.384. The number of anilines is 1. The average Bonchev–Trinajstić information content (AvgIpc) is 3.16. The molecular weight excluding hydrogens is 352 g/mol. The van der Waals surface area contributed by atoms with Crippen molar-refractivity contribution in [1.29, 1.82) is 0 Å². The van der Waals surface area contributed by atoms with Crippen LogP contribution < -0.4 is 4.90 Å². The highest BCUT2D eigenvalue weighted by Crippen LogP contribution is 2.26. The van der Waals surface area contributed by atoms with Crippen molar-refractivity contribution in [3.63, 3.8) is 0 Å². The summed E-state index contributed by atoms with van der Waals surface area (Å²) in [7, 11) is 0. The maximum absolute atomic E-state index is 10.9. The van der Waals surface area contributed by atoms with E-state index in [1.165, 1.54) is 17.7 Å². The molecule has 6 nitrogen and oxygen atoms in total. The van der Waals surface area contributed by atoms with Gasteiger partial charge in [-0.15, -0.1) is 0 Å². The predicted molar refractivity (Wildman–Crippen MR) is 111 cm³/mol. The van der Waals surface area contributed by atoms with E-state index in [4.69, 9.17) is 0 Å². The van der Waals surface area contributed by atoms with Crippen molar-refractivity contribution < 1.29 is 4.92 Å². The standard InChI is InChI=1S/C22H20N4O2/c1-2-25(15-16-6-4-3-5-7-16)18-10-8-17(9-11-18)22-23-20-13-12-19(26(27)28)14-21(20)24-22/h3-14H,2,15H2,1H3,(H,23,24). The summed E-state index contributed by atoms with van der Waals surface area (Å²) in [4.78, 5) is 20.6. The number of H-pyrrole nitrogens is 1. The van der Waals surface area contributed by atoms with Crippen molar-refractivity contribution >= 4 is 22.4 Å². The number of rotatable bonds is 6. The van der Waals surface area contributed by atoms with Gasteiger partial charge in [-0.1, -0.05) is 30.3 Å². The minimum atomic E-state index is -0.402. The van der Waals surface area contributed by atoms with Crippen molar-refractivity contribution in [1.82, 2.24) is 9.97 Å². The average molecular weight is 372 g/mol. The van der Waals surface area contributed by atoms with Crippen LogP contribution in [0.25, 0.3) is 22.4 Å². The minimum absolute atomic E-state index is 0.0533. The number of nitro benzene ring substituents is 1. The Morgan fingerprint density at radius 3 is 2.46 bits per heavy atom. The van der Waals surface area contributed by atoms with Gasteiger partial charge in [-0.2, -0.15) is 0 Å². The molecule has 0 spiro atoms. The van der Waals surface area contributed by atoms with Crippen LogP contribution in [-0.2, 0) is 6.54 Å². The van der Waals surface area contributed by atoms with Crippen LogP contribution in [0.5, 0.6) is 0 Å². The third kappa shape index (κ3) is 3.57. The normalized spacial score (nSPS) is 10.9. The Bertz CT molecular complexity index is 1100. The second-order valence-corrected chi connectivity index (χ2v) is 6.59. The number of benzene rings is 3. The second kappa shape index (κ2) is 7.52. The number of nitrogens with zero attached hydrogens (tertiary/aromatic N) is 3. The Labute approximate surface area is 162 Å². The quantitative estimate of drug-likeness (QED) is 0.374. The molecule has 0 aliphatic carbocycles. The highest BCUT2D eigenvalue weighted by molar-refractivity contribution is 5.81. The van der Waals surface area contributed by atoms with Crippen LogP contribution in [0, 0.1) is 10.1 Å². The zero-order valence-corrected chi connectivity index (χ0v) is 15.5. The SMILES string of the molecule is CCN(Cc1ccccc1)c1ccc(-c2nc3ccc([N+](=O)[O-])cc3[nH]2)cc1. The molecule has 0 fully saturated rings. The summed E-state index contributed by atoms with van der Waals surface area (Å²) in [5.74, 6) is 0.702. The van der Waals surface area contributed by atoms with E-state index in [1.807, 2.05) is 18.2 Å². The number of hydrogen-bond donors (Lipinski definition) is 1. The summed E-state index contributed by atoms with van der Waals surface area (Å²) in [6.45, 7) is 3.90. The number of nitro groups is 1. The molecule has 0 atom stereocenters. The molecule has 0 radical (unpaired) electrons. The third-order valence-electron chi connectivity index (χ3n) is 4.78. The predicted octanol–water partition coefficient (Wildman–Crippen LogP) is 5.16. The van der Waals surface area contributed by atoms with Crippen molar-refractivity contribution in [2.75, 3.05) is 11.4 Å². The largest absolute Gasteiger partial charge is 0.367 e. The zero-order valence-electron chi connectivity index (χ0n) is 15.5. The number of aromatic nitrogens is 2. The van der Waals surface area contributed by atoms with E-state index in [-0.39, 0.29) is 5.69 Å². The molecule has 4 aromatic rings. The fourth-order valence-corrected chi connectivity index (χ4v) is 3.27. The van der Waals surface area contributed by atoms with E-state index in [0.29, 0.717) is 16.9 Å². The van der Waals surface area contributed by atoms with Crippen LogP contribution in [0.15, 0.2) is 72.8 Å². The van der Waals surface area contributed by atoms with E-state index < -0.39 is 4.92 Å². The lowest BCUT2D eigenvalue weighted by Crippen LogP contribution is -2.21. The van der Waals surface area contributed by atoms with E-state index in [2.05, 4.69) is 58.2 Å². The Morgan fingerprint density at radius 2 is 1.79 bits per heavy atom. The van der Waals surface area contributed by atoms with Crippen LogP contribution in [0.1, 0.15) is 12.5 Å². The van der Waals surface area contributed by atoms with Gasteiger partial charge in [0.1, 0.15) is 5.82 Å². The number of hydrogen-bond acceptors (Lipinski definition) is 4. The van der Waals surface area contributed by atoms with Gasteiger partial charge in [-0.05, 0) is 42.8 Å². The van der Waals surface area contributed by atoms with Gasteiger partial charge in [-0.25, -0.2) is 4.98 Å². The van der Waals surface area contributed by atoms with Crippen molar-refractivity contribution in [2.45, 2.75) is 13.5 Å². The molecule has 0 saturated carbocycles. The number of aromatic amines is 1.